The van der Waals surface area contributed by atoms with Crippen molar-refractivity contribution in [3.63, 3.8) is 0 Å². The first-order valence-corrected chi connectivity index (χ1v) is 9.10. The van der Waals surface area contributed by atoms with E-state index in [1.165, 1.54) is 22.4 Å². The summed E-state index contributed by atoms with van der Waals surface area (Å²) in [6.07, 6.45) is 4.21. The first kappa shape index (κ1) is 17.1. The average Bonchev–Trinajstić information content (AvgIpc) is 3.04. The van der Waals surface area contributed by atoms with Crippen LogP contribution < -0.4 is 9.30 Å². The molecule has 4 rings (SSSR count). The number of benzene rings is 3. The highest BCUT2D eigenvalue weighted by molar-refractivity contribution is 5.60. The molecule has 3 heteroatoms. The van der Waals surface area contributed by atoms with Gasteiger partial charge in [0.2, 0.25) is 0 Å². The monoisotopic (exact) mass is 355 g/mol. The van der Waals surface area contributed by atoms with Gasteiger partial charge >= 0.3 is 0 Å². The molecule has 4 aromatic rings. The third kappa shape index (κ3) is 3.36. The lowest BCUT2D eigenvalue weighted by Gasteiger charge is -2.12. The molecule has 0 saturated carbocycles. The number of imidazole rings is 1. The summed E-state index contributed by atoms with van der Waals surface area (Å²) in [7, 11) is 2.08. The van der Waals surface area contributed by atoms with Gasteiger partial charge in [0, 0.05) is 11.1 Å². The van der Waals surface area contributed by atoms with Gasteiger partial charge in [0.05, 0.1) is 12.6 Å². The topological polar surface area (TPSA) is 18.0 Å². The fourth-order valence-corrected chi connectivity index (χ4v) is 3.57. The van der Waals surface area contributed by atoms with Gasteiger partial charge in [-0.2, -0.15) is 4.57 Å². The van der Waals surface area contributed by atoms with E-state index in [4.69, 9.17) is 4.74 Å². The van der Waals surface area contributed by atoms with Gasteiger partial charge in [-0.25, -0.2) is 4.57 Å². The number of hydrogen-bond donors (Lipinski definition) is 0. The van der Waals surface area contributed by atoms with Crippen molar-refractivity contribution in [2.75, 3.05) is 0 Å². The molecule has 134 valence electrons. The van der Waals surface area contributed by atoms with Crippen molar-refractivity contribution in [1.82, 2.24) is 4.57 Å². The molecule has 0 radical (unpaired) electrons. The van der Waals surface area contributed by atoms with Crippen LogP contribution >= 0.6 is 0 Å². The zero-order valence-electron chi connectivity index (χ0n) is 15.9. The Morgan fingerprint density at radius 3 is 2.00 bits per heavy atom. The van der Waals surface area contributed by atoms with Crippen LogP contribution in [0.5, 0.6) is 11.5 Å². The van der Waals surface area contributed by atoms with Crippen molar-refractivity contribution in [2.24, 2.45) is 7.05 Å². The highest BCUT2D eigenvalue weighted by Gasteiger charge is 2.22. The molecule has 3 nitrogen and oxygen atoms in total. The highest BCUT2D eigenvalue weighted by atomic mass is 16.5. The average molecular weight is 355 g/mol. The molecule has 0 amide bonds. The maximum Gasteiger partial charge on any atom is 0.293 e. The molecule has 0 bridgehead atoms. The summed E-state index contributed by atoms with van der Waals surface area (Å²) in [6.45, 7) is 4.27. The van der Waals surface area contributed by atoms with Crippen LogP contribution in [0.3, 0.4) is 0 Å². The minimum absolute atomic E-state index is 0.849. The summed E-state index contributed by atoms with van der Waals surface area (Å²) < 4.78 is 10.4. The Morgan fingerprint density at radius 1 is 0.778 bits per heavy atom. The van der Waals surface area contributed by atoms with Crippen LogP contribution in [0, 0.1) is 13.8 Å². The molecular weight excluding hydrogens is 332 g/mol. The molecule has 3 aromatic carbocycles. The summed E-state index contributed by atoms with van der Waals surface area (Å²) in [6, 6.07) is 24.6. The first-order chi connectivity index (χ1) is 13.1. The normalized spacial score (nSPS) is 10.8. The largest absolute Gasteiger partial charge is 0.457 e. The number of ether oxygens (including phenoxy) is 1. The Morgan fingerprint density at radius 2 is 1.37 bits per heavy atom. The number of aryl methyl sites for hydroxylation is 3. The van der Waals surface area contributed by atoms with E-state index in [9.17, 15) is 0 Å². The fourth-order valence-electron chi connectivity index (χ4n) is 3.57. The molecule has 27 heavy (non-hydrogen) atoms. The zero-order valence-corrected chi connectivity index (χ0v) is 15.9. The van der Waals surface area contributed by atoms with Crippen molar-refractivity contribution < 1.29 is 9.30 Å². The predicted octanol–water partition coefficient (Wildman–Crippen LogP) is 5.38. The smallest absolute Gasteiger partial charge is 0.293 e. The SMILES string of the molecule is Cc1cc(Oc2ccccc2)cc(C)c1-n1cc[n+](C)c1-c1ccccc1. The van der Waals surface area contributed by atoms with E-state index in [2.05, 4.69) is 78.8 Å². The van der Waals surface area contributed by atoms with Crippen LogP contribution in [-0.2, 0) is 7.05 Å². The van der Waals surface area contributed by atoms with Gasteiger partial charge in [-0.15, -0.1) is 0 Å². The molecule has 0 N–H and O–H groups in total. The van der Waals surface area contributed by atoms with Crippen molar-refractivity contribution in [3.05, 3.63) is 96.3 Å². The molecular formula is C24H23N2O+. The van der Waals surface area contributed by atoms with Crippen molar-refractivity contribution in [2.45, 2.75) is 13.8 Å². The molecule has 0 spiro atoms. The lowest BCUT2D eigenvalue weighted by Crippen LogP contribution is -2.29. The number of rotatable bonds is 4. The van der Waals surface area contributed by atoms with E-state index in [-0.39, 0.29) is 0 Å². The maximum absolute atomic E-state index is 6.04. The van der Waals surface area contributed by atoms with Gasteiger partial charge in [-0.05, 0) is 50.2 Å². The molecule has 1 aromatic heterocycles. The van der Waals surface area contributed by atoms with Gasteiger partial charge in [0.15, 0.2) is 0 Å². The summed E-state index contributed by atoms with van der Waals surface area (Å²) in [4.78, 5) is 0. The minimum atomic E-state index is 0.849. The third-order valence-electron chi connectivity index (χ3n) is 4.72. The molecule has 0 aliphatic carbocycles. The van der Waals surface area contributed by atoms with Gasteiger partial charge < -0.3 is 4.74 Å². The number of para-hydroxylation sites is 1. The van der Waals surface area contributed by atoms with Gasteiger partial charge in [0.25, 0.3) is 5.82 Å². The Hall–Kier alpha value is -3.33. The van der Waals surface area contributed by atoms with Crippen molar-refractivity contribution in [3.8, 4) is 28.6 Å². The predicted molar refractivity (Wildman–Crippen MR) is 108 cm³/mol. The molecule has 0 atom stereocenters. The summed E-state index contributed by atoms with van der Waals surface area (Å²) in [5.74, 6) is 2.86. The lowest BCUT2D eigenvalue weighted by molar-refractivity contribution is -0.659. The summed E-state index contributed by atoms with van der Waals surface area (Å²) in [5.41, 5.74) is 4.73. The molecule has 0 aliphatic rings. The molecule has 0 unspecified atom stereocenters. The van der Waals surface area contributed by atoms with Crippen LogP contribution in [0.1, 0.15) is 11.1 Å². The Bertz CT molecular complexity index is 1040. The molecule has 0 saturated heterocycles. The van der Waals surface area contributed by atoms with Crippen LogP contribution in [0.25, 0.3) is 17.1 Å². The maximum atomic E-state index is 6.04. The second-order valence-corrected chi connectivity index (χ2v) is 6.79. The molecule has 0 fully saturated rings. The van der Waals surface area contributed by atoms with Crippen LogP contribution in [0.2, 0.25) is 0 Å². The van der Waals surface area contributed by atoms with Crippen molar-refractivity contribution >= 4 is 0 Å². The Balaban J connectivity index is 1.78. The number of aromatic nitrogens is 2. The second kappa shape index (κ2) is 7.12. The minimum Gasteiger partial charge on any atom is -0.457 e. The number of nitrogens with zero attached hydrogens (tertiary/aromatic N) is 2. The molecule has 1 heterocycles. The van der Waals surface area contributed by atoms with Gasteiger partial charge in [-0.3, -0.25) is 0 Å². The van der Waals surface area contributed by atoms with Crippen LogP contribution in [0.4, 0.5) is 0 Å². The standard InChI is InChI=1S/C24H23N2O/c1-18-16-22(27-21-12-8-5-9-13-21)17-19(2)23(18)26-15-14-25(3)24(26)20-10-6-4-7-11-20/h4-17H,1-3H3/q+1. The Labute approximate surface area is 160 Å². The van der Waals surface area contributed by atoms with Gasteiger partial charge in [0.1, 0.15) is 29.6 Å². The zero-order chi connectivity index (χ0) is 18.8. The van der Waals surface area contributed by atoms with Gasteiger partial charge in [-0.1, -0.05) is 36.4 Å². The summed E-state index contributed by atoms with van der Waals surface area (Å²) >= 11 is 0. The quantitative estimate of drug-likeness (QED) is 0.450. The Kier molecular flexibility index (Phi) is 4.51. The summed E-state index contributed by atoms with van der Waals surface area (Å²) in [5, 5.41) is 0. The van der Waals surface area contributed by atoms with E-state index >= 15 is 0 Å². The molecule has 0 aliphatic heterocycles. The second-order valence-electron chi connectivity index (χ2n) is 6.79. The van der Waals surface area contributed by atoms with E-state index in [0.29, 0.717) is 0 Å². The highest BCUT2D eigenvalue weighted by Crippen LogP contribution is 2.30. The van der Waals surface area contributed by atoms with E-state index in [1.807, 2.05) is 36.4 Å². The fraction of sp³-hybridized carbons (Fsp3) is 0.125. The van der Waals surface area contributed by atoms with E-state index < -0.39 is 0 Å². The lowest BCUT2D eigenvalue weighted by atomic mass is 10.1. The van der Waals surface area contributed by atoms with Crippen LogP contribution in [-0.4, -0.2) is 4.57 Å². The van der Waals surface area contributed by atoms with E-state index in [0.717, 1.165) is 17.3 Å². The van der Waals surface area contributed by atoms with Crippen LogP contribution in [0.15, 0.2) is 85.2 Å². The third-order valence-corrected chi connectivity index (χ3v) is 4.72. The van der Waals surface area contributed by atoms with E-state index in [1.54, 1.807) is 0 Å². The number of hydrogen-bond acceptors (Lipinski definition) is 1. The first-order valence-electron chi connectivity index (χ1n) is 9.10. The van der Waals surface area contributed by atoms with Crippen molar-refractivity contribution in [1.29, 1.82) is 0 Å².